The number of hydrogen-bond acceptors (Lipinski definition) is 0. The van der Waals surface area contributed by atoms with Crippen molar-refractivity contribution in [3.63, 3.8) is 0 Å². The molecule has 0 aromatic heterocycles. The summed E-state index contributed by atoms with van der Waals surface area (Å²) in [6.45, 7) is 12.1. The molecular weight excluding hydrogens is 546 g/mol. The number of halogens is 2. The molecule has 0 N–H and O–H groups in total. The summed E-state index contributed by atoms with van der Waals surface area (Å²) in [5, 5.41) is 0. The van der Waals surface area contributed by atoms with Crippen molar-refractivity contribution in [3.8, 4) is 0 Å². The van der Waals surface area contributed by atoms with E-state index in [9.17, 15) is 0 Å². The normalized spacial score (nSPS) is 12.2. The maximum absolute atomic E-state index is 2.43. The van der Waals surface area contributed by atoms with Crippen LogP contribution in [0.15, 0.2) is 0 Å². The van der Waals surface area contributed by atoms with E-state index in [0.717, 1.165) is 12.1 Å². The minimum absolute atomic E-state index is 0. The first kappa shape index (κ1) is 32.1. The lowest BCUT2D eigenvalue weighted by atomic mass is 10.1. The lowest BCUT2D eigenvalue weighted by molar-refractivity contribution is -0.915. The van der Waals surface area contributed by atoms with Crippen molar-refractivity contribution in [1.29, 1.82) is 0 Å². The van der Waals surface area contributed by atoms with E-state index in [-0.39, 0.29) is 48.0 Å². The maximum Gasteiger partial charge on any atom is 0.0880 e. The molecule has 0 heterocycles. The third-order valence-corrected chi connectivity index (χ3v) is 6.58. The van der Waals surface area contributed by atoms with E-state index < -0.39 is 0 Å². The van der Waals surface area contributed by atoms with E-state index in [4.69, 9.17) is 0 Å². The Kier molecular flexibility index (Phi) is 21.3. The van der Waals surface area contributed by atoms with Crippen LogP contribution >= 0.6 is 0 Å². The van der Waals surface area contributed by atoms with Gasteiger partial charge in [-0.1, -0.05) is 40.5 Å². The molecule has 0 unspecified atom stereocenters. The molecule has 0 amide bonds. The van der Waals surface area contributed by atoms with Gasteiger partial charge in [-0.15, -0.1) is 0 Å². The first-order valence-electron chi connectivity index (χ1n) is 10.9. The monoisotopic (exact) mass is 596 g/mol. The third kappa shape index (κ3) is 12.8. The van der Waals surface area contributed by atoms with Crippen molar-refractivity contribution in [1.82, 2.24) is 0 Å². The summed E-state index contributed by atoms with van der Waals surface area (Å²) in [6, 6.07) is 1.69. The van der Waals surface area contributed by atoms with Crippen LogP contribution in [0.25, 0.3) is 0 Å². The van der Waals surface area contributed by atoms with Crippen LogP contribution in [0.1, 0.15) is 91.9 Å². The van der Waals surface area contributed by atoms with E-state index in [2.05, 4.69) is 55.9 Å². The highest BCUT2D eigenvalue weighted by Gasteiger charge is 2.25. The summed E-state index contributed by atoms with van der Waals surface area (Å²) in [5.74, 6) is 0. The van der Waals surface area contributed by atoms with Gasteiger partial charge >= 0.3 is 0 Å². The minimum atomic E-state index is 0. The fourth-order valence-electron chi connectivity index (χ4n) is 4.67. The molecule has 162 valence electrons. The highest BCUT2D eigenvalue weighted by atomic mass is 127. The standard InChI is InChI=1S/C22H50N2.2HI/c1-9-21(10-2)23(5,6)19-17-15-13-14-16-18-20-24(7,8)22(11-3)12-4;;/h21-22H,9-20H2,1-8H3;2*1H/q+2;;/p-2. The average Bonchev–Trinajstić information content (AvgIpc) is 2.51. The molecule has 0 aliphatic heterocycles. The zero-order valence-corrected chi connectivity index (χ0v) is 23.6. The van der Waals surface area contributed by atoms with Crippen LogP contribution in [0, 0.1) is 0 Å². The topological polar surface area (TPSA) is 0 Å². The maximum atomic E-state index is 2.43. The molecule has 0 spiro atoms. The summed E-state index contributed by atoms with van der Waals surface area (Å²) in [7, 11) is 9.70. The van der Waals surface area contributed by atoms with Gasteiger partial charge in [0.25, 0.3) is 0 Å². The molecule has 0 aliphatic rings. The van der Waals surface area contributed by atoms with Crippen molar-refractivity contribution in [2.75, 3.05) is 41.3 Å². The Morgan fingerprint density at radius 3 is 0.923 bits per heavy atom. The van der Waals surface area contributed by atoms with Crippen molar-refractivity contribution in [2.24, 2.45) is 0 Å². The lowest BCUT2D eigenvalue weighted by Gasteiger charge is -2.37. The van der Waals surface area contributed by atoms with Crippen LogP contribution in [-0.4, -0.2) is 62.3 Å². The molecule has 4 heteroatoms. The number of quaternary nitrogens is 2. The molecule has 2 nitrogen and oxygen atoms in total. The van der Waals surface area contributed by atoms with Gasteiger partial charge in [0.2, 0.25) is 0 Å². The van der Waals surface area contributed by atoms with Gasteiger partial charge in [0, 0.05) is 0 Å². The molecule has 0 aromatic carbocycles. The van der Waals surface area contributed by atoms with Crippen LogP contribution < -0.4 is 48.0 Å². The molecule has 0 atom stereocenters. The van der Waals surface area contributed by atoms with Gasteiger partial charge in [0.15, 0.2) is 0 Å². The first-order valence-corrected chi connectivity index (χ1v) is 10.9. The first-order chi connectivity index (χ1) is 11.2. The van der Waals surface area contributed by atoms with Crippen molar-refractivity contribution in [3.05, 3.63) is 0 Å². The fraction of sp³-hybridized carbons (Fsp3) is 1.00. The second kappa shape index (κ2) is 17.3. The SMILES string of the molecule is CCC(CC)[N+](C)(C)CCCCCCCC[N+](C)(C)C(CC)CC.[I-].[I-]. The molecule has 0 aliphatic carbocycles. The number of rotatable bonds is 15. The number of unbranched alkanes of at least 4 members (excludes halogenated alkanes) is 5. The van der Waals surface area contributed by atoms with E-state index in [1.807, 2.05) is 0 Å². The second-order valence-corrected chi connectivity index (χ2v) is 9.07. The van der Waals surface area contributed by atoms with Gasteiger partial charge in [0.1, 0.15) is 0 Å². The fourth-order valence-corrected chi connectivity index (χ4v) is 4.67. The largest absolute Gasteiger partial charge is 1.00 e. The second-order valence-electron chi connectivity index (χ2n) is 9.07. The molecule has 26 heavy (non-hydrogen) atoms. The van der Waals surface area contributed by atoms with Gasteiger partial charge in [0.05, 0.1) is 53.4 Å². The van der Waals surface area contributed by atoms with Crippen LogP contribution in [0.4, 0.5) is 0 Å². The van der Waals surface area contributed by atoms with Crippen molar-refractivity contribution in [2.45, 2.75) is 104 Å². The Morgan fingerprint density at radius 1 is 0.462 bits per heavy atom. The molecule has 0 rings (SSSR count). The molecule has 0 saturated carbocycles. The van der Waals surface area contributed by atoms with E-state index >= 15 is 0 Å². The summed E-state index contributed by atoms with van der Waals surface area (Å²) in [4.78, 5) is 0. The highest BCUT2D eigenvalue weighted by Crippen LogP contribution is 2.18. The summed E-state index contributed by atoms with van der Waals surface area (Å²) in [5.41, 5.74) is 0. The molecule has 0 radical (unpaired) electrons. The highest BCUT2D eigenvalue weighted by molar-refractivity contribution is 4.55. The van der Waals surface area contributed by atoms with E-state index in [1.54, 1.807) is 0 Å². The Balaban J connectivity index is -0.00000264. The van der Waals surface area contributed by atoms with Crippen molar-refractivity contribution < 1.29 is 56.9 Å². The van der Waals surface area contributed by atoms with Crippen LogP contribution in [0.3, 0.4) is 0 Å². The minimum Gasteiger partial charge on any atom is -1.00 e. The van der Waals surface area contributed by atoms with Gasteiger partial charge in [-0.2, -0.15) is 0 Å². The molecule has 0 bridgehead atoms. The number of hydrogen-bond donors (Lipinski definition) is 0. The Bertz CT molecular complexity index is 269. The lowest BCUT2D eigenvalue weighted by Crippen LogP contribution is -3.00. The summed E-state index contributed by atoms with van der Waals surface area (Å²) < 4.78 is 2.43. The zero-order chi connectivity index (χ0) is 18.6. The predicted molar refractivity (Wildman–Crippen MR) is 110 cm³/mol. The summed E-state index contributed by atoms with van der Waals surface area (Å²) >= 11 is 0. The van der Waals surface area contributed by atoms with Gasteiger partial charge in [-0.05, 0) is 51.4 Å². The predicted octanol–water partition coefficient (Wildman–Crippen LogP) is -0.135. The molecule has 0 fully saturated rings. The molecular formula is C22H50I2N2. The van der Waals surface area contributed by atoms with Crippen molar-refractivity contribution >= 4 is 0 Å². The third-order valence-electron chi connectivity index (χ3n) is 6.58. The molecule has 0 aromatic rings. The smallest absolute Gasteiger partial charge is 0.0880 e. The zero-order valence-electron chi connectivity index (χ0n) is 19.3. The Hall–Kier alpha value is 1.38. The van der Waals surface area contributed by atoms with Gasteiger partial charge < -0.3 is 56.9 Å². The van der Waals surface area contributed by atoms with Crippen LogP contribution in [0.5, 0.6) is 0 Å². The van der Waals surface area contributed by atoms with E-state index in [0.29, 0.717) is 0 Å². The Morgan fingerprint density at radius 2 is 0.692 bits per heavy atom. The van der Waals surface area contributed by atoms with Crippen LogP contribution in [0.2, 0.25) is 0 Å². The quantitative estimate of drug-likeness (QED) is 0.141. The van der Waals surface area contributed by atoms with Gasteiger partial charge in [-0.25, -0.2) is 0 Å². The average molecular weight is 596 g/mol. The summed E-state index contributed by atoms with van der Waals surface area (Å²) in [6.07, 6.45) is 13.8. The number of nitrogens with zero attached hydrogens (tertiary/aromatic N) is 2. The molecule has 0 saturated heterocycles. The van der Waals surface area contributed by atoms with Crippen LogP contribution in [-0.2, 0) is 0 Å². The van der Waals surface area contributed by atoms with E-state index in [1.165, 1.54) is 86.3 Å². The Labute approximate surface area is 201 Å². The van der Waals surface area contributed by atoms with Gasteiger partial charge in [-0.3, -0.25) is 0 Å².